The summed E-state index contributed by atoms with van der Waals surface area (Å²) in [6, 6.07) is 6.84. The fourth-order valence-electron chi connectivity index (χ4n) is 3.27. The smallest absolute Gasteiger partial charge is 0.128 e. The molecule has 0 radical (unpaired) electrons. The molecule has 108 valence electrons. The average Bonchev–Trinajstić information content (AvgIpc) is 2.46. The van der Waals surface area contributed by atoms with Crippen LogP contribution in [0, 0.1) is 11.7 Å². The predicted octanol–water partition coefficient (Wildman–Crippen LogP) is 2.58. The van der Waals surface area contributed by atoms with Gasteiger partial charge in [-0.2, -0.15) is 0 Å². The Bertz CT molecular complexity index is 536. The molecule has 3 rings (SSSR count). The molecule has 1 saturated heterocycles. The molecular weight excluding hydrogens is 277 g/mol. The number of halogens is 1. The minimum atomic E-state index is -0.591. The Hall–Kier alpha value is -0.910. The number of rotatable bonds is 2. The van der Waals surface area contributed by atoms with Gasteiger partial charge in [-0.3, -0.25) is 4.99 Å². The SMILES string of the molecule is CC1=NC2(c3ccccc3F)CCOC(CO)C2CS1. The molecule has 2 heterocycles. The number of ether oxygens (including phenoxy) is 1. The molecule has 1 aromatic carbocycles. The van der Waals surface area contributed by atoms with Crippen LogP contribution in [0.1, 0.15) is 18.9 Å². The second-order valence-electron chi connectivity index (χ2n) is 5.29. The van der Waals surface area contributed by atoms with Gasteiger partial charge in [0.1, 0.15) is 5.82 Å². The lowest BCUT2D eigenvalue weighted by molar-refractivity contribution is -0.0845. The maximum absolute atomic E-state index is 14.3. The van der Waals surface area contributed by atoms with Crippen molar-refractivity contribution in [3.63, 3.8) is 0 Å². The van der Waals surface area contributed by atoms with E-state index in [1.54, 1.807) is 17.8 Å². The summed E-state index contributed by atoms with van der Waals surface area (Å²) in [7, 11) is 0. The number of hydrogen-bond acceptors (Lipinski definition) is 4. The minimum Gasteiger partial charge on any atom is -0.394 e. The number of hydrogen-bond donors (Lipinski definition) is 1. The molecule has 0 spiro atoms. The zero-order valence-electron chi connectivity index (χ0n) is 11.4. The monoisotopic (exact) mass is 295 g/mol. The number of benzene rings is 1. The Kier molecular flexibility index (Phi) is 3.84. The van der Waals surface area contributed by atoms with E-state index in [9.17, 15) is 9.50 Å². The third kappa shape index (κ3) is 2.18. The second-order valence-corrected chi connectivity index (χ2v) is 6.51. The van der Waals surface area contributed by atoms with Crippen LogP contribution in [-0.2, 0) is 10.3 Å². The summed E-state index contributed by atoms with van der Waals surface area (Å²) in [4.78, 5) is 4.81. The molecule has 3 atom stereocenters. The van der Waals surface area contributed by atoms with Crippen molar-refractivity contribution < 1.29 is 14.2 Å². The zero-order chi connectivity index (χ0) is 14.2. The fraction of sp³-hybridized carbons (Fsp3) is 0.533. The highest BCUT2D eigenvalue weighted by atomic mass is 32.2. The van der Waals surface area contributed by atoms with Crippen molar-refractivity contribution >= 4 is 16.8 Å². The first-order chi connectivity index (χ1) is 9.67. The molecule has 5 heteroatoms. The van der Waals surface area contributed by atoms with Gasteiger partial charge in [-0.1, -0.05) is 18.2 Å². The van der Waals surface area contributed by atoms with E-state index in [1.807, 2.05) is 19.1 Å². The van der Waals surface area contributed by atoms with Crippen LogP contribution in [0.15, 0.2) is 29.3 Å². The standard InChI is InChI=1S/C15H18FNO2S/c1-10-17-15(11-4-2-3-5-13(11)16)6-7-19-14(8-18)12(15)9-20-10/h2-5,12,14,18H,6-9H2,1H3. The van der Waals surface area contributed by atoms with Crippen molar-refractivity contribution in [1.29, 1.82) is 0 Å². The lowest BCUT2D eigenvalue weighted by Crippen LogP contribution is -2.52. The van der Waals surface area contributed by atoms with Gasteiger partial charge in [-0.05, 0) is 13.0 Å². The Morgan fingerprint density at radius 2 is 2.30 bits per heavy atom. The van der Waals surface area contributed by atoms with Crippen molar-refractivity contribution in [3.8, 4) is 0 Å². The van der Waals surface area contributed by atoms with E-state index in [4.69, 9.17) is 9.73 Å². The number of thioether (sulfide) groups is 1. The first kappa shape index (κ1) is 14.0. The van der Waals surface area contributed by atoms with E-state index in [-0.39, 0.29) is 24.4 Å². The summed E-state index contributed by atoms with van der Waals surface area (Å²) in [6.45, 7) is 2.42. The zero-order valence-corrected chi connectivity index (χ0v) is 12.2. The van der Waals surface area contributed by atoms with Gasteiger partial charge < -0.3 is 9.84 Å². The second kappa shape index (κ2) is 5.47. The van der Waals surface area contributed by atoms with Crippen LogP contribution in [0.25, 0.3) is 0 Å². The molecule has 3 unspecified atom stereocenters. The van der Waals surface area contributed by atoms with Crippen LogP contribution in [0.3, 0.4) is 0 Å². The molecule has 1 fully saturated rings. The summed E-state index contributed by atoms with van der Waals surface area (Å²) in [5.41, 5.74) is 0.0400. The van der Waals surface area contributed by atoms with Crippen LogP contribution in [0.2, 0.25) is 0 Å². The highest BCUT2D eigenvalue weighted by Crippen LogP contribution is 2.48. The van der Waals surface area contributed by atoms with Gasteiger partial charge in [0.2, 0.25) is 0 Å². The first-order valence-electron chi connectivity index (χ1n) is 6.84. The Morgan fingerprint density at radius 1 is 1.50 bits per heavy atom. The predicted molar refractivity (Wildman–Crippen MR) is 78.6 cm³/mol. The molecule has 0 saturated carbocycles. The Morgan fingerprint density at radius 3 is 3.05 bits per heavy atom. The van der Waals surface area contributed by atoms with Gasteiger partial charge in [0, 0.05) is 30.3 Å². The van der Waals surface area contributed by atoms with Crippen LogP contribution in [-0.4, -0.2) is 35.2 Å². The highest BCUT2D eigenvalue weighted by Gasteiger charge is 2.50. The number of nitrogens with zero attached hydrogens (tertiary/aromatic N) is 1. The van der Waals surface area contributed by atoms with E-state index < -0.39 is 5.54 Å². The maximum Gasteiger partial charge on any atom is 0.128 e. The topological polar surface area (TPSA) is 41.8 Å². The fourth-order valence-corrected chi connectivity index (χ4v) is 4.41. The van der Waals surface area contributed by atoms with Gasteiger partial charge in [-0.25, -0.2) is 4.39 Å². The lowest BCUT2D eigenvalue weighted by Gasteiger charge is -2.47. The number of aliphatic hydroxyl groups is 1. The quantitative estimate of drug-likeness (QED) is 0.912. The third-order valence-corrected chi connectivity index (χ3v) is 5.26. The van der Waals surface area contributed by atoms with Crippen molar-refractivity contribution in [2.45, 2.75) is 25.0 Å². The van der Waals surface area contributed by atoms with E-state index in [2.05, 4.69) is 0 Å². The highest BCUT2D eigenvalue weighted by molar-refractivity contribution is 8.13. The van der Waals surface area contributed by atoms with Crippen molar-refractivity contribution in [2.24, 2.45) is 10.9 Å². The molecule has 0 bridgehead atoms. The molecule has 2 aliphatic rings. The molecule has 0 aliphatic carbocycles. The molecule has 0 amide bonds. The molecule has 2 aliphatic heterocycles. The summed E-state index contributed by atoms with van der Waals surface area (Å²) in [5, 5.41) is 10.5. The van der Waals surface area contributed by atoms with Gasteiger partial charge >= 0.3 is 0 Å². The lowest BCUT2D eigenvalue weighted by atomic mass is 9.72. The van der Waals surface area contributed by atoms with Gasteiger partial charge in [-0.15, -0.1) is 11.8 Å². The van der Waals surface area contributed by atoms with Gasteiger partial charge in [0.15, 0.2) is 0 Å². The molecule has 1 N–H and O–H groups in total. The maximum atomic E-state index is 14.3. The van der Waals surface area contributed by atoms with Crippen LogP contribution >= 0.6 is 11.8 Å². The summed E-state index contributed by atoms with van der Waals surface area (Å²) in [5.74, 6) is 0.584. The number of aliphatic imine (C=N–C) groups is 1. The van der Waals surface area contributed by atoms with Crippen LogP contribution in [0.5, 0.6) is 0 Å². The van der Waals surface area contributed by atoms with E-state index in [0.29, 0.717) is 18.6 Å². The Balaban J connectivity index is 2.13. The van der Waals surface area contributed by atoms with Crippen LogP contribution < -0.4 is 0 Å². The van der Waals surface area contributed by atoms with E-state index in [1.165, 1.54) is 6.07 Å². The summed E-state index contributed by atoms with van der Waals surface area (Å²) in [6.07, 6.45) is 0.389. The normalized spacial score (nSPS) is 33.5. The van der Waals surface area contributed by atoms with Crippen molar-refractivity contribution in [1.82, 2.24) is 0 Å². The van der Waals surface area contributed by atoms with E-state index >= 15 is 0 Å². The Labute approximate surface area is 122 Å². The summed E-state index contributed by atoms with van der Waals surface area (Å²) >= 11 is 1.66. The third-order valence-electron chi connectivity index (χ3n) is 4.23. The first-order valence-corrected chi connectivity index (χ1v) is 7.82. The largest absolute Gasteiger partial charge is 0.394 e. The van der Waals surface area contributed by atoms with Gasteiger partial charge in [0.05, 0.1) is 23.3 Å². The molecule has 1 aromatic rings. The van der Waals surface area contributed by atoms with Crippen molar-refractivity contribution in [3.05, 3.63) is 35.6 Å². The van der Waals surface area contributed by atoms with Crippen molar-refractivity contribution in [2.75, 3.05) is 19.0 Å². The number of fused-ring (bicyclic) bond motifs is 1. The molecular formula is C15H18FNO2S. The van der Waals surface area contributed by atoms with E-state index in [0.717, 1.165) is 10.8 Å². The van der Waals surface area contributed by atoms with Gasteiger partial charge in [0.25, 0.3) is 0 Å². The minimum absolute atomic E-state index is 0.00634. The molecule has 0 aromatic heterocycles. The summed E-state index contributed by atoms with van der Waals surface area (Å²) < 4.78 is 20.0. The molecule has 20 heavy (non-hydrogen) atoms. The average molecular weight is 295 g/mol. The van der Waals surface area contributed by atoms with Crippen LogP contribution in [0.4, 0.5) is 4.39 Å². The molecule has 3 nitrogen and oxygen atoms in total. The number of aliphatic hydroxyl groups excluding tert-OH is 1.